The number of rotatable bonds is 2. The Hall–Kier alpha value is -1.38. The molecule has 0 aromatic heterocycles. The Kier molecular flexibility index (Phi) is 4.79. The van der Waals surface area contributed by atoms with Crippen LogP contribution in [-0.2, 0) is 0 Å². The van der Waals surface area contributed by atoms with Crippen LogP contribution in [0.25, 0.3) is 0 Å². The Morgan fingerprint density at radius 2 is 2.05 bits per heavy atom. The summed E-state index contributed by atoms with van der Waals surface area (Å²) in [5, 5.41) is 0. The Balaban J connectivity index is 2.24. The van der Waals surface area contributed by atoms with Crippen LogP contribution in [0.3, 0.4) is 0 Å². The molecule has 2 nitrogen and oxygen atoms in total. The second-order valence-electron chi connectivity index (χ2n) is 6.29. The van der Waals surface area contributed by atoms with Crippen molar-refractivity contribution in [1.29, 1.82) is 0 Å². The number of likely N-dealkylation sites (tertiary alicyclic amines) is 1. The summed E-state index contributed by atoms with van der Waals surface area (Å²) in [5.41, 5.74) is 0.463. The van der Waals surface area contributed by atoms with Gasteiger partial charge in [-0.05, 0) is 49.3 Å². The molecule has 0 spiro atoms. The summed E-state index contributed by atoms with van der Waals surface area (Å²) in [4.78, 5) is 14.6. The van der Waals surface area contributed by atoms with Crippen LogP contribution >= 0.6 is 0 Å². The molecule has 110 valence electrons. The fourth-order valence-corrected chi connectivity index (χ4v) is 3.01. The minimum Gasteiger partial charge on any atom is -0.335 e. The lowest BCUT2D eigenvalue weighted by atomic mass is 9.95. The van der Waals surface area contributed by atoms with Crippen LogP contribution in [0, 0.1) is 17.7 Å². The number of hydrogen-bond donors (Lipinski definition) is 0. The summed E-state index contributed by atoms with van der Waals surface area (Å²) < 4.78 is 13.3. The zero-order valence-corrected chi connectivity index (χ0v) is 12.6. The van der Waals surface area contributed by atoms with Crippen LogP contribution in [-0.4, -0.2) is 23.4 Å². The van der Waals surface area contributed by atoms with Crippen LogP contribution in [0.4, 0.5) is 4.39 Å². The molecule has 0 bridgehead atoms. The van der Waals surface area contributed by atoms with Gasteiger partial charge in [-0.15, -0.1) is 0 Å². The highest BCUT2D eigenvalue weighted by Crippen LogP contribution is 2.27. The molecule has 1 fully saturated rings. The molecule has 3 heteroatoms. The molecular formula is C17H24FNO. The van der Waals surface area contributed by atoms with Gasteiger partial charge in [0, 0.05) is 18.2 Å². The van der Waals surface area contributed by atoms with Gasteiger partial charge in [-0.3, -0.25) is 4.79 Å². The first-order valence-corrected chi connectivity index (χ1v) is 7.55. The van der Waals surface area contributed by atoms with E-state index in [9.17, 15) is 9.18 Å². The van der Waals surface area contributed by atoms with Crippen LogP contribution < -0.4 is 0 Å². The standard InChI is InChI=1S/C17H24FNO/c1-12(2)16-8-7-13(3)9-10-19(16)17(20)14-5-4-6-15(18)11-14/h4-6,11-13,16H,7-10H2,1-3H3. The molecule has 2 unspecified atom stereocenters. The van der Waals surface area contributed by atoms with Gasteiger partial charge in [0.2, 0.25) is 0 Å². The Morgan fingerprint density at radius 3 is 2.70 bits per heavy atom. The van der Waals surface area contributed by atoms with Gasteiger partial charge in [-0.25, -0.2) is 4.39 Å². The average Bonchev–Trinajstić information content (AvgIpc) is 2.60. The van der Waals surface area contributed by atoms with Crippen molar-refractivity contribution < 1.29 is 9.18 Å². The molecule has 1 heterocycles. The number of halogens is 1. The lowest BCUT2D eigenvalue weighted by Gasteiger charge is -2.33. The van der Waals surface area contributed by atoms with E-state index in [1.54, 1.807) is 12.1 Å². The van der Waals surface area contributed by atoms with Gasteiger partial charge in [0.15, 0.2) is 0 Å². The average molecular weight is 277 g/mol. The smallest absolute Gasteiger partial charge is 0.254 e. The quantitative estimate of drug-likeness (QED) is 0.796. The lowest BCUT2D eigenvalue weighted by Crippen LogP contribution is -2.43. The third kappa shape index (κ3) is 3.38. The Labute approximate surface area is 121 Å². The SMILES string of the molecule is CC1CCC(C(C)C)N(C(=O)c2cccc(F)c2)CC1. The van der Waals surface area contributed by atoms with Crippen LogP contribution in [0.15, 0.2) is 24.3 Å². The maximum absolute atomic E-state index is 13.3. The predicted molar refractivity (Wildman–Crippen MR) is 79.1 cm³/mol. The number of amides is 1. The zero-order chi connectivity index (χ0) is 14.7. The van der Waals surface area contributed by atoms with Crippen LogP contribution in [0.5, 0.6) is 0 Å². The van der Waals surface area contributed by atoms with E-state index in [2.05, 4.69) is 20.8 Å². The molecule has 0 aliphatic carbocycles. The Morgan fingerprint density at radius 1 is 1.30 bits per heavy atom. The fourth-order valence-electron chi connectivity index (χ4n) is 3.01. The molecule has 20 heavy (non-hydrogen) atoms. The highest BCUT2D eigenvalue weighted by Gasteiger charge is 2.30. The van der Waals surface area contributed by atoms with Crippen LogP contribution in [0.1, 0.15) is 50.4 Å². The van der Waals surface area contributed by atoms with Gasteiger partial charge in [0.1, 0.15) is 5.82 Å². The minimum absolute atomic E-state index is 0.0303. The van der Waals surface area contributed by atoms with Gasteiger partial charge in [0.25, 0.3) is 5.91 Å². The highest BCUT2D eigenvalue weighted by molar-refractivity contribution is 5.94. The van der Waals surface area contributed by atoms with E-state index < -0.39 is 0 Å². The van der Waals surface area contributed by atoms with Crippen molar-refractivity contribution in [2.45, 2.75) is 46.1 Å². The van der Waals surface area contributed by atoms with Crippen LogP contribution in [0.2, 0.25) is 0 Å². The number of benzene rings is 1. The van der Waals surface area contributed by atoms with E-state index >= 15 is 0 Å². The number of nitrogens with zero attached hydrogens (tertiary/aromatic N) is 1. The van der Waals surface area contributed by atoms with E-state index in [1.165, 1.54) is 12.1 Å². The van der Waals surface area contributed by atoms with Gasteiger partial charge in [-0.1, -0.05) is 26.8 Å². The maximum atomic E-state index is 13.3. The number of carbonyl (C=O) groups is 1. The molecule has 1 amide bonds. The predicted octanol–water partition coefficient (Wildman–Crippen LogP) is 4.11. The summed E-state index contributed by atoms with van der Waals surface area (Å²) in [6.07, 6.45) is 3.24. The molecule has 2 atom stereocenters. The summed E-state index contributed by atoms with van der Waals surface area (Å²) in [7, 11) is 0. The van der Waals surface area contributed by atoms with E-state index in [4.69, 9.17) is 0 Å². The molecule has 1 aliphatic heterocycles. The topological polar surface area (TPSA) is 20.3 Å². The summed E-state index contributed by atoms with van der Waals surface area (Å²) in [6.45, 7) is 7.34. The van der Waals surface area contributed by atoms with E-state index in [0.29, 0.717) is 17.4 Å². The molecule has 1 aromatic rings. The van der Waals surface area contributed by atoms with E-state index in [1.807, 2.05) is 4.90 Å². The van der Waals surface area contributed by atoms with E-state index in [-0.39, 0.29) is 17.8 Å². The number of carbonyl (C=O) groups excluding carboxylic acids is 1. The first kappa shape index (κ1) is 15.0. The van der Waals surface area contributed by atoms with Crippen molar-refractivity contribution in [2.24, 2.45) is 11.8 Å². The molecule has 1 aromatic carbocycles. The Bertz CT molecular complexity index is 472. The summed E-state index contributed by atoms with van der Waals surface area (Å²) >= 11 is 0. The lowest BCUT2D eigenvalue weighted by molar-refractivity contribution is 0.0631. The number of hydrogen-bond acceptors (Lipinski definition) is 1. The first-order chi connectivity index (χ1) is 9.49. The third-order valence-electron chi connectivity index (χ3n) is 4.32. The zero-order valence-electron chi connectivity index (χ0n) is 12.6. The minimum atomic E-state index is -0.347. The molecule has 2 rings (SSSR count). The van der Waals surface area contributed by atoms with Gasteiger partial charge >= 0.3 is 0 Å². The first-order valence-electron chi connectivity index (χ1n) is 7.55. The molecule has 0 radical (unpaired) electrons. The molecule has 0 saturated carbocycles. The second kappa shape index (κ2) is 6.38. The normalized spacial score (nSPS) is 23.8. The molecule has 0 N–H and O–H groups in total. The summed E-state index contributed by atoms with van der Waals surface area (Å²) in [6, 6.07) is 6.29. The fraction of sp³-hybridized carbons (Fsp3) is 0.588. The van der Waals surface area contributed by atoms with Gasteiger partial charge in [-0.2, -0.15) is 0 Å². The van der Waals surface area contributed by atoms with E-state index in [0.717, 1.165) is 25.8 Å². The maximum Gasteiger partial charge on any atom is 0.254 e. The van der Waals surface area contributed by atoms with Gasteiger partial charge < -0.3 is 4.90 Å². The van der Waals surface area contributed by atoms with Crippen molar-refractivity contribution >= 4 is 5.91 Å². The van der Waals surface area contributed by atoms with Gasteiger partial charge in [0.05, 0.1) is 0 Å². The molecular weight excluding hydrogens is 253 g/mol. The largest absolute Gasteiger partial charge is 0.335 e. The second-order valence-corrected chi connectivity index (χ2v) is 6.29. The highest BCUT2D eigenvalue weighted by atomic mass is 19.1. The summed E-state index contributed by atoms with van der Waals surface area (Å²) in [5.74, 6) is 0.705. The molecule has 1 saturated heterocycles. The monoisotopic (exact) mass is 277 g/mol. The third-order valence-corrected chi connectivity index (χ3v) is 4.32. The van der Waals surface area contributed by atoms with Crippen molar-refractivity contribution in [3.63, 3.8) is 0 Å². The van der Waals surface area contributed by atoms with Crippen molar-refractivity contribution in [2.75, 3.05) is 6.54 Å². The van der Waals surface area contributed by atoms with Crippen molar-refractivity contribution in [1.82, 2.24) is 4.90 Å². The van der Waals surface area contributed by atoms with Crippen molar-refractivity contribution in [3.8, 4) is 0 Å². The van der Waals surface area contributed by atoms with Crippen molar-refractivity contribution in [3.05, 3.63) is 35.6 Å². The molecule has 1 aliphatic rings.